The first kappa shape index (κ1) is 20.6. The number of nitrogens with one attached hydrogen (secondary N) is 3. The number of carbonyl (C=O) groups excluding carboxylic acids is 1. The average Bonchev–Trinajstić information content (AvgIpc) is 3.30. The molecule has 1 saturated heterocycles. The lowest BCUT2D eigenvalue weighted by atomic mass is 10.2. The van der Waals surface area contributed by atoms with Gasteiger partial charge in [-0.1, -0.05) is 0 Å². The Morgan fingerprint density at radius 3 is 2.65 bits per heavy atom. The molecule has 1 aliphatic carbocycles. The largest absolute Gasteiger partial charge is 0.450 e. The number of rotatable bonds is 7. The molecule has 2 atom stereocenters. The molecule has 0 aromatic carbocycles. The molecule has 3 N–H and O–H groups in total. The second kappa shape index (κ2) is 9.29. The lowest BCUT2D eigenvalue weighted by molar-refractivity contribution is -0.143. The Labute approximate surface area is 151 Å². The molecule has 2 rings (SSSR count). The summed E-state index contributed by atoms with van der Waals surface area (Å²) in [7, 11) is 1.61. The Bertz CT molecular complexity index is 497. The van der Waals surface area contributed by atoms with Crippen molar-refractivity contribution < 1.29 is 22.7 Å². The molecular formula is C16H28F3N5O2. The number of alkyl carbamates (subject to hydrolysis) is 1. The lowest BCUT2D eigenvalue weighted by Gasteiger charge is -2.22. The van der Waals surface area contributed by atoms with Gasteiger partial charge in [-0.25, -0.2) is 4.79 Å². The number of hydrogen-bond acceptors (Lipinski definition) is 4. The molecular weight excluding hydrogens is 351 g/mol. The highest BCUT2D eigenvalue weighted by Crippen LogP contribution is 2.32. The Kier molecular flexibility index (Phi) is 7.36. The van der Waals surface area contributed by atoms with Crippen molar-refractivity contribution in [1.82, 2.24) is 20.9 Å². The summed E-state index contributed by atoms with van der Waals surface area (Å²) < 4.78 is 42.3. The van der Waals surface area contributed by atoms with Gasteiger partial charge < -0.3 is 20.7 Å². The van der Waals surface area contributed by atoms with E-state index in [0.29, 0.717) is 44.5 Å². The molecule has 0 bridgehead atoms. The summed E-state index contributed by atoms with van der Waals surface area (Å²) in [6, 6.07) is -0.140. The molecule has 0 aromatic heterocycles. The van der Waals surface area contributed by atoms with Gasteiger partial charge in [0.25, 0.3) is 0 Å². The number of carbonyl (C=O) groups is 1. The Morgan fingerprint density at radius 1 is 1.35 bits per heavy atom. The number of likely N-dealkylation sites (tertiary alicyclic amines) is 1. The van der Waals surface area contributed by atoms with E-state index in [-0.39, 0.29) is 12.1 Å². The maximum absolute atomic E-state index is 12.5. The van der Waals surface area contributed by atoms with E-state index in [1.807, 2.05) is 0 Å². The number of alkyl halides is 3. The van der Waals surface area contributed by atoms with Gasteiger partial charge in [0.15, 0.2) is 5.96 Å². The van der Waals surface area contributed by atoms with Crippen molar-refractivity contribution >= 4 is 12.1 Å². The fraction of sp³-hybridized carbons (Fsp3) is 0.875. The minimum Gasteiger partial charge on any atom is -0.450 e. The number of nitrogens with zero attached hydrogens (tertiary/aromatic N) is 2. The van der Waals surface area contributed by atoms with E-state index in [9.17, 15) is 18.0 Å². The molecule has 2 fully saturated rings. The molecule has 0 aromatic rings. The molecule has 0 radical (unpaired) electrons. The molecule has 0 spiro atoms. The van der Waals surface area contributed by atoms with Crippen molar-refractivity contribution in [3.05, 3.63) is 0 Å². The van der Waals surface area contributed by atoms with Gasteiger partial charge >= 0.3 is 12.3 Å². The number of halogens is 3. The molecule has 150 valence electrons. The molecule has 1 aliphatic heterocycles. The third kappa shape index (κ3) is 7.27. The predicted molar refractivity (Wildman–Crippen MR) is 92.1 cm³/mol. The Morgan fingerprint density at radius 2 is 2.08 bits per heavy atom. The highest BCUT2D eigenvalue weighted by atomic mass is 19.4. The van der Waals surface area contributed by atoms with E-state index < -0.39 is 18.8 Å². The number of amides is 1. The SMILES string of the molecule is CCOC(=O)NC(CNC(=NC)NC1CCN(CC(F)(F)F)C1)C1CC1. The first-order chi connectivity index (χ1) is 12.3. The van der Waals surface area contributed by atoms with Gasteiger partial charge in [-0.3, -0.25) is 9.89 Å². The fourth-order valence-corrected chi connectivity index (χ4v) is 3.10. The molecule has 1 saturated carbocycles. The number of ether oxygens (including phenoxy) is 1. The van der Waals surface area contributed by atoms with Gasteiger partial charge in [-0.05, 0) is 32.1 Å². The van der Waals surface area contributed by atoms with E-state index in [2.05, 4.69) is 20.9 Å². The standard InChI is InChI=1S/C16H28F3N5O2/c1-3-26-15(25)23-13(11-4-5-11)8-21-14(20-2)22-12-6-7-24(9-12)10-16(17,18)19/h11-13H,3-10H2,1-2H3,(H,23,25)(H2,20,21,22). The van der Waals surface area contributed by atoms with Gasteiger partial charge in [-0.15, -0.1) is 0 Å². The second-order valence-corrected chi connectivity index (χ2v) is 6.74. The van der Waals surface area contributed by atoms with Crippen LogP contribution in [0.15, 0.2) is 4.99 Å². The zero-order valence-electron chi connectivity index (χ0n) is 15.2. The minimum absolute atomic E-state index is 0.0575. The molecule has 1 amide bonds. The van der Waals surface area contributed by atoms with Crippen LogP contribution in [0.4, 0.5) is 18.0 Å². The van der Waals surface area contributed by atoms with Crippen molar-refractivity contribution in [2.75, 3.05) is 39.8 Å². The lowest BCUT2D eigenvalue weighted by Crippen LogP contribution is -2.50. The van der Waals surface area contributed by atoms with E-state index in [4.69, 9.17) is 4.74 Å². The van der Waals surface area contributed by atoms with Crippen molar-refractivity contribution in [2.24, 2.45) is 10.9 Å². The summed E-state index contributed by atoms with van der Waals surface area (Å²) in [6.45, 7) is 2.40. The molecule has 26 heavy (non-hydrogen) atoms. The zero-order valence-corrected chi connectivity index (χ0v) is 15.2. The van der Waals surface area contributed by atoms with Gasteiger partial charge in [-0.2, -0.15) is 13.2 Å². The number of guanidine groups is 1. The van der Waals surface area contributed by atoms with Crippen LogP contribution >= 0.6 is 0 Å². The summed E-state index contributed by atoms with van der Waals surface area (Å²) in [5, 5.41) is 9.16. The number of aliphatic imine (C=N–C) groups is 1. The van der Waals surface area contributed by atoms with Crippen LogP contribution in [0, 0.1) is 5.92 Å². The molecule has 1 heterocycles. The van der Waals surface area contributed by atoms with Gasteiger partial charge in [0.1, 0.15) is 0 Å². The number of hydrogen-bond donors (Lipinski definition) is 3. The van der Waals surface area contributed by atoms with Crippen LogP contribution in [0.1, 0.15) is 26.2 Å². The fourth-order valence-electron chi connectivity index (χ4n) is 3.10. The smallest absolute Gasteiger partial charge is 0.407 e. The Balaban J connectivity index is 1.75. The first-order valence-electron chi connectivity index (χ1n) is 9.00. The predicted octanol–water partition coefficient (Wildman–Crippen LogP) is 1.31. The van der Waals surface area contributed by atoms with Crippen molar-refractivity contribution in [2.45, 2.75) is 44.4 Å². The van der Waals surface area contributed by atoms with Crippen molar-refractivity contribution in [3.8, 4) is 0 Å². The van der Waals surface area contributed by atoms with E-state index in [0.717, 1.165) is 12.8 Å². The van der Waals surface area contributed by atoms with Crippen LogP contribution in [0.3, 0.4) is 0 Å². The van der Waals surface area contributed by atoms with E-state index in [1.54, 1.807) is 14.0 Å². The maximum atomic E-state index is 12.5. The summed E-state index contributed by atoms with van der Waals surface area (Å²) in [4.78, 5) is 17.1. The van der Waals surface area contributed by atoms with E-state index in [1.165, 1.54) is 4.90 Å². The Hall–Kier alpha value is -1.71. The highest BCUT2D eigenvalue weighted by Gasteiger charge is 2.35. The van der Waals surface area contributed by atoms with Crippen LogP contribution in [-0.2, 0) is 4.74 Å². The highest BCUT2D eigenvalue weighted by molar-refractivity contribution is 5.80. The van der Waals surface area contributed by atoms with Crippen LogP contribution in [0.25, 0.3) is 0 Å². The molecule has 10 heteroatoms. The summed E-state index contributed by atoms with van der Waals surface area (Å²) in [5.74, 6) is 0.943. The summed E-state index contributed by atoms with van der Waals surface area (Å²) in [6.07, 6.45) is -1.87. The average molecular weight is 379 g/mol. The quantitative estimate of drug-likeness (QED) is 0.459. The summed E-state index contributed by atoms with van der Waals surface area (Å²) in [5.41, 5.74) is 0. The molecule has 7 nitrogen and oxygen atoms in total. The summed E-state index contributed by atoms with van der Waals surface area (Å²) >= 11 is 0. The van der Waals surface area contributed by atoms with Crippen LogP contribution < -0.4 is 16.0 Å². The van der Waals surface area contributed by atoms with Crippen LogP contribution in [0.5, 0.6) is 0 Å². The topological polar surface area (TPSA) is 78.0 Å². The molecule has 2 aliphatic rings. The van der Waals surface area contributed by atoms with Crippen LogP contribution in [0.2, 0.25) is 0 Å². The normalized spacial score (nSPS) is 22.8. The second-order valence-electron chi connectivity index (χ2n) is 6.74. The van der Waals surface area contributed by atoms with Gasteiger partial charge in [0, 0.05) is 32.7 Å². The van der Waals surface area contributed by atoms with Gasteiger partial charge in [0.2, 0.25) is 0 Å². The van der Waals surface area contributed by atoms with E-state index >= 15 is 0 Å². The third-order valence-electron chi connectivity index (χ3n) is 4.50. The molecule has 2 unspecified atom stereocenters. The third-order valence-corrected chi connectivity index (χ3v) is 4.50. The van der Waals surface area contributed by atoms with Crippen LogP contribution in [-0.4, -0.2) is 75.0 Å². The monoisotopic (exact) mass is 379 g/mol. The maximum Gasteiger partial charge on any atom is 0.407 e. The van der Waals surface area contributed by atoms with Crippen molar-refractivity contribution in [1.29, 1.82) is 0 Å². The first-order valence-corrected chi connectivity index (χ1v) is 9.00. The minimum atomic E-state index is -4.18. The zero-order chi connectivity index (χ0) is 19.2. The van der Waals surface area contributed by atoms with Gasteiger partial charge in [0.05, 0.1) is 19.2 Å². The van der Waals surface area contributed by atoms with Crippen molar-refractivity contribution in [3.63, 3.8) is 0 Å².